The zero-order valence-corrected chi connectivity index (χ0v) is 12.3. The fourth-order valence-corrected chi connectivity index (χ4v) is 3.30. The molecule has 0 saturated heterocycles. The fraction of sp³-hybridized carbons (Fsp3) is 0.400. The molecule has 0 spiro atoms. The maximum absolute atomic E-state index is 6.56. The van der Waals surface area contributed by atoms with Gasteiger partial charge in [0.05, 0.1) is 22.7 Å². The summed E-state index contributed by atoms with van der Waals surface area (Å²) < 4.78 is 5.25. The first-order valence-corrected chi connectivity index (χ1v) is 7.31. The van der Waals surface area contributed by atoms with E-state index in [0.717, 1.165) is 34.5 Å². The smallest absolute Gasteiger partial charge is 0.139 e. The van der Waals surface area contributed by atoms with Gasteiger partial charge in [-0.15, -0.1) is 0 Å². The lowest BCUT2D eigenvalue weighted by Crippen LogP contribution is -1.98. The molecule has 0 fully saturated rings. The number of rotatable bonds is 1. The molecule has 1 aromatic heterocycles. The van der Waals surface area contributed by atoms with Gasteiger partial charge in [0.15, 0.2) is 0 Å². The van der Waals surface area contributed by atoms with E-state index in [9.17, 15) is 0 Å². The molecule has 2 nitrogen and oxygen atoms in total. The first kappa shape index (κ1) is 13.0. The monoisotopic (exact) mass is 295 g/mol. The number of fused-ring (bicyclic) bond motifs is 2. The Labute approximate surface area is 122 Å². The molecule has 0 aliphatic heterocycles. The molecule has 2 aromatic rings. The highest BCUT2D eigenvalue weighted by molar-refractivity contribution is 6.38. The van der Waals surface area contributed by atoms with Crippen molar-refractivity contribution in [3.8, 4) is 5.75 Å². The average molecular weight is 296 g/mol. The molecule has 0 unspecified atom stereocenters. The Hall–Kier alpha value is -0.990. The molecule has 19 heavy (non-hydrogen) atoms. The number of ether oxygens (including phenoxy) is 1. The molecule has 100 valence electrons. The van der Waals surface area contributed by atoms with Crippen LogP contribution >= 0.6 is 23.2 Å². The number of hydrogen-bond donors (Lipinski definition) is 0. The molecule has 0 N–H and O–H groups in total. The van der Waals surface area contributed by atoms with Crippen LogP contribution in [0.1, 0.15) is 30.5 Å². The number of pyridine rings is 1. The number of halogens is 2. The number of aromatic nitrogens is 1. The van der Waals surface area contributed by atoms with E-state index in [0.29, 0.717) is 10.8 Å². The summed E-state index contributed by atoms with van der Waals surface area (Å²) in [4.78, 5) is 4.76. The molecular weight excluding hydrogens is 281 g/mol. The summed E-state index contributed by atoms with van der Waals surface area (Å²) in [6.45, 7) is 0. The Morgan fingerprint density at radius 2 is 1.89 bits per heavy atom. The van der Waals surface area contributed by atoms with Crippen LogP contribution in [0.3, 0.4) is 0 Å². The molecule has 0 saturated carbocycles. The van der Waals surface area contributed by atoms with E-state index >= 15 is 0 Å². The predicted octanol–water partition coefficient (Wildman–Crippen LogP) is 4.82. The predicted molar refractivity (Wildman–Crippen MR) is 79.6 cm³/mol. The Bertz CT molecular complexity index is 640. The molecular formula is C15H15Cl2NO. The first-order chi connectivity index (χ1) is 9.20. The average Bonchev–Trinajstić information content (AvgIpc) is 2.65. The van der Waals surface area contributed by atoms with Gasteiger partial charge in [0.25, 0.3) is 0 Å². The van der Waals surface area contributed by atoms with Gasteiger partial charge in [0.2, 0.25) is 0 Å². The van der Waals surface area contributed by atoms with Crippen LogP contribution in [0.15, 0.2) is 12.1 Å². The highest BCUT2D eigenvalue weighted by Gasteiger charge is 2.17. The summed E-state index contributed by atoms with van der Waals surface area (Å²) in [6.07, 6.45) is 5.64. The molecule has 1 aromatic carbocycles. The molecule has 0 amide bonds. The third-order valence-electron chi connectivity index (χ3n) is 3.72. The van der Waals surface area contributed by atoms with Crippen LogP contribution in [-0.2, 0) is 12.8 Å². The molecule has 3 rings (SSSR count). The van der Waals surface area contributed by atoms with Crippen molar-refractivity contribution in [2.24, 2.45) is 0 Å². The van der Waals surface area contributed by atoms with E-state index in [1.54, 1.807) is 7.11 Å². The van der Waals surface area contributed by atoms with Gasteiger partial charge >= 0.3 is 0 Å². The molecule has 1 heterocycles. The summed E-state index contributed by atoms with van der Waals surface area (Å²) in [5.41, 5.74) is 3.21. The molecule has 4 heteroatoms. The van der Waals surface area contributed by atoms with Crippen molar-refractivity contribution in [2.45, 2.75) is 32.1 Å². The van der Waals surface area contributed by atoms with Gasteiger partial charge in [-0.05, 0) is 37.3 Å². The molecule has 0 bridgehead atoms. The topological polar surface area (TPSA) is 22.1 Å². The lowest BCUT2D eigenvalue weighted by atomic mass is 10.0. The van der Waals surface area contributed by atoms with Crippen LogP contribution in [0, 0.1) is 0 Å². The lowest BCUT2D eigenvalue weighted by molar-refractivity contribution is 0.415. The second-order valence-electron chi connectivity index (χ2n) is 4.92. The van der Waals surface area contributed by atoms with Crippen LogP contribution in [0.5, 0.6) is 5.75 Å². The van der Waals surface area contributed by atoms with Crippen LogP contribution in [0.4, 0.5) is 0 Å². The first-order valence-electron chi connectivity index (χ1n) is 6.55. The minimum atomic E-state index is 0.576. The van der Waals surface area contributed by atoms with Gasteiger partial charge in [-0.25, -0.2) is 0 Å². The van der Waals surface area contributed by atoms with Crippen molar-refractivity contribution < 1.29 is 4.74 Å². The van der Waals surface area contributed by atoms with Gasteiger partial charge in [-0.1, -0.05) is 29.6 Å². The minimum absolute atomic E-state index is 0.576. The summed E-state index contributed by atoms with van der Waals surface area (Å²) in [5, 5.41) is 2.31. The van der Waals surface area contributed by atoms with Crippen LogP contribution in [0.25, 0.3) is 10.9 Å². The highest BCUT2D eigenvalue weighted by Crippen LogP contribution is 2.36. The number of benzene rings is 1. The molecule has 1 aliphatic carbocycles. The minimum Gasteiger partial charge on any atom is -0.495 e. The summed E-state index contributed by atoms with van der Waals surface area (Å²) in [7, 11) is 1.61. The van der Waals surface area contributed by atoms with E-state index in [1.165, 1.54) is 24.8 Å². The fourth-order valence-electron chi connectivity index (χ4n) is 2.70. The van der Waals surface area contributed by atoms with Gasteiger partial charge < -0.3 is 4.74 Å². The standard InChI is InChI=1S/C15H15Cl2NO/c1-19-14-8-13-10(7-11(14)16)15(17)9-5-3-2-4-6-12(9)18-13/h7-8H,2-6H2,1H3. The number of nitrogens with zero attached hydrogens (tertiary/aromatic N) is 1. The number of methoxy groups -OCH3 is 1. The van der Waals surface area contributed by atoms with Crippen molar-refractivity contribution in [1.82, 2.24) is 4.98 Å². The third kappa shape index (κ3) is 2.28. The van der Waals surface area contributed by atoms with Crippen molar-refractivity contribution in [1.29, 1.82) is 0 Å². The normalized spacial score (nSPS) is 15.1. The second-order valence-corrected chi connectivity index (χ2v) is 5.70. The Morgan fingerprint density at radius 1 is 1.11 bits per heavy atom. The zero-order chi connectivity index (χ0) is 13.4. The lowest BCUT2D eigenvalue weighted by Gasteiger charge is -2.12. The Balaban J connectivity index is 2.28. The van der Waals surface area contributed by atoms with Gasteiger partial charge in [-0.2, -0.15) is 0 Å². The third-order valence-corrected chi connectivity index (χ3v) is 4.44. The van der Waals surface area contributed by atoms with Crippen LogP contribution < -0.4 is 4.74 Å². The van der Waals surface area contributed by atoms with Crippen LogP contribution in [-0.4, -0.2) is 12.1 Å². The second kappa shape index (κ2) is 5.18. The number of aryl methyl sites for hydroxylation is 1. The summed E-state index contributed by atoms with van der Waals surface area (Å²) >= 11 is 12.7. The molecule has 0 atom stereocenters. The summed E-state index contributed by atoms with van der Waals surface area (Å²) in [6, 6.07) is 3.73. The van der Waals surface area contributed by atoms with E-state index in [4.69, 9.17) is 32.9 Å². The number of hydrogen-bond acceptors (Lipinski definition) is 2. The van der Waals surface area contributed by atoms with Crippen molar-refractivity contribution in [3.05, 3.63) is 33.4 Å². The van der Waals surface area contributed by atoms with Crippen molar-refractivity contribution in [2.75, 3.05) is 7.11 Å². The zero-order valence-electron chi connectivity index (χ0n) is 10.8. The van der Waals surface area contributed by atoms with E-state index < -0.39 is 0 Å². The van der Waals surface area contributed by atoms with Crippen molar-refractivity contribution >= 4 is 34.1 Å². The SMILES string of the molecule is COc1cc2nc3c(c(Cl)c2cc1Cl)CCCCC3. The Morgan fingerprint density at radius 3 is 2.68 bits per heavy atom. The van der Waals surface area contributed by atoms with E-state index in [-0.39, 0.29) is 0 Å². The van der Waals surface area contributed by atoms with Gasteiger partial charge in [-0.3, -0.25) is 4.98 Å². The van der Waals surface area contributed by atoms with Crippen LogP contribution in [0.2, 0.25) is 10.0 Å². The highest BCUT2D eigenvalue weighted by atomic mass is 35.5. The summed E-state index contributed by atoms with van der Waals surface area (Å²) in [5.74, 6) is 0.645. The molecule has 1 aliphatic rings. The van der Waals surface area contributed by atoms with Crippen molar-refractivity contribution in [3.63, 3.8) is 0 Å². The Kier molecular flexibility index (Phi) is 3.55. The van der Waals surface area contributed by atoms with E-state index in [2.05, 4.69) is 0 Å². The van der Waals surface area contributed by atoms with Gasteiger partial charge in [0.1, 0.15) is 5.75 Å². The molecule has 0 radical (unpaired) electrons. The maximum atomic E-state index is 6.56. The maximum Gasteiger partial charge on any atom is 0.139 e. The van der Waals surface area contributed by atoms with E-state index in [1.807, 2.05) is 12.1 Å². The largest absolute Gasteiger partial charge is 0.495 e. The van der Waals surface area contributed by atoms with Gasteiger partial charge in [0, 0.05) is 17.1 Å². The quantitative estimate of drug-likeness (QED) is 0.704.